The third-order valence-corrected chi connectivity index (χ3v) is 5.78. The van der Waals surface area contributed by atoms with Gasteiger partial charge in [0.05, 0.1) is 23.8 Å². The van der Waals surface area contributed by atoms with Crippen molar-refractivity contribution in [1.29, 1.82) is 0 Å². The van der Waals surface area contributed by atoms with Crippen LogP contribution in [0.5, 0.6) is 0 Å². The lowest BCUT2D eigenvalue weighted by molar-refractivity contribution is -0.125. The summed E-state index contributed by atoms with van der Waals surface area (Å²) >= 11 is 0. The number of hydrogen-bond acceptors (Lipinski definition) is 4. The fourth-order valence-corrected chi connectivity index (χ4v) is 3.95. The summed E-state index contributed by atoms with van der Waals surface area (Å²) in [5.41, 5.74) is 3.50. The minimum Gasteiger partial charge on any atom is -0.374 e. The Morgan fingerprint density at radius 1 is 0.794 bits per heavy atom. The van der Waals surface area contributed by atoms with Crippen LogP contribution in [0.3, 0.4) is 0 Å². The molecule has 1 atom stereocenters. The van der Waals surface area contributed by atoms with E-state index in [9.17, 15) is 14.4 Å². The van der Waals surface area contributed by atoms with Gasteiger partial charge >= 0.3 is 0 Å². The summed E-state index contributed by atoms with van der Waals surface area (Å²) in [6.45, 7) is 4.80. The topological polar surface area (TPSA) is 75.7 Å². The van der Waals surface area contributed by atoms with Crippen LogP contribution in [0.2, 0.25) is 0 Å². The molecule has 0 saturated carbocycles. The molecule has 34 heavy (non-hydrogen) atoms. The lowest BCUT2D eigenvalue weighted by atomic mass is 10.0. The second-order valence-corrected chi connectivity index (χ2v) is 8.63. The maximum Gasteiger partial charge on any atom is 0.262 e. The highest BCUT2D eigenvalue weighted by atomic mass is 16.5. The third kappa shape index (κ3) is 5.24. The molecule has 174 valence electrons. The van der Waals surface area contributed by atoms with E-state index in [-0.39, 0.29) is 18.4 Å². The predicted molar refractivity (Wildman–Crippen MR) is 129 cm³/mol. The highest BCUT2D eigenvalue weighted by Crippen LogP contribution is 2.26. The normalized spacial score (nSPS) is 13.8. The molecule has 1 unspecified atom stereocenters. The Kier molecular flexibility index (Phi) is 7.18. The molecule has 6 heteroatoms. The van der Waals surface area contributed by atoms with Crippen molar-refractivity contribution in [3.63, 3.8) is 0 Å². The van der Waals surface area contributed by atoms with Crippen molar-refractivity contribution >= 4 is 17.7 Å². The minimum atomic E-state index is -0.950. The molecule has 0 saturated heterocycles. The van der Waals surface area contributed by atoms with E-state index < -0.39 is 17.9 Å². The van der Waals surface area contributed by atoms with E-state index in [4.69, 9.17) is 4.74 Å². The first kappa shape index (κ1) is 23.4. The molecule has 4 rings (SSSR count). The zero-order chi connectivity index (χ0) is 24.1. The number of nitrogens with one attached hydrogen (secondary N) is 1. The number of fused-ring (bicyclic) bond motifs is 1. The SMILES string of the molecule is CC(C)OCc1ccc(CNC(=O)C(Cc2ccccc2)N2C(=O)c3ccccc3C2=O)cc1. The molecule has 0 bridgehead atoms. The van der Waals surface area contributed by atoms with E-state index >= 15 is 0 Å². The number of benzene rings is 3. The summed E-state index contributed by atoms with van der Waals surface area (Å²) in [6.07, 6.45) is 0.395. The number of carbonyl (C=O) groups is 3. The summed E-state index contributed by atoms with van der Waals surface area (Å²) in [4.78, 5) is 40.6. The van der Waals surface area contributed by atoms with Gasteiger partial charge in [-0.25, -0.2) is 0 Å². The van der Waals surface area contributed by atoms with Gasteiger partial charge in [0.2, 0.25) is 5.91 Å². The number of carbonyl (C=O) groups excluding carboxylic acids is 3. The van der Waals surface area contributed by atoms with Crippen molar-refractivity contribution in [2.45, 2.75) is 45.6 Å². The maximum absolute atomic E-state index is 13.3. The van der Waals surface area contributed by atoms with Gasteiger partial charge in [-0.1, -0.05) is 66.7 Å². The van der Waals surface area contributed by atoms with Gasteiger partial charge < -0.3 is 10.1 Å². The Morgan fingerprint density at radius 2 is 1.35 bits per heavy atom. The number of amides is 3. The molecular formula is C28H28N2O4. The molecule has 1 heterocycles. The summed E-state index contributed by atoms with van der Waals surface area (Å²) < 4.78 is 5.62. The molecule has 1 aliphatic rings. The lowest BCUT2D eigenvalue weighted by Crippen LogP contribution is -2.50. The van der Waals surface area contributed by atoms with E-state index in [2.05, 4.69) is 5.32 Å². The van der Waals surface area contributed by atoms with E-state index in [0.717, 1.165) is 21.6 Å². The van der Waals surface area contributed by atoms with Crippen LogP contribution in [-0.4, -0.2) is 34.8 Å². The number of nitrogens with zero attached hydrogens (tertiary/aromatic N) is 1. The second kappa shape index (κ2) is 10.4. The quantitative estimate of drug-likeness (QED) is 0.491. The molecule has 1 aliphatic heterocycles. The number of imide groups is 1. The Balaban J connectivity index is 1.50. The van der Waals surface area contributed by atoms with Crippen molar-refractivity contribution in [3.8, 4) is 0 Å². The first-order valence-electron chi connectivity index (χ1n) is 11.4. The van der Waals surface area contributed by atoms with Crippen LogP contribution in [-0.2, 0) is 29.1 Å². The van der Waals surface area contributed by atoms with Gasteiger partial charge in [0.25, 0.3) is 11.8 Å². The predicted octanol–water partition coefficient (Wildman–Crippen LogP) is 4.14. The van der Waals surface area contributed by atoms with Crippen LogP contribution in [0.15, 0.2) is 78.9 Å². The zero-order valence-electron chi connectivity index (χ0n) is 19.4. The maximum atomic E-state index is 13.3. The minimum absolute atomic E-state index is 0.155. The monoisotopic (exact) mass is 456 g/mol. The van der Waals surface area contributed by atoms with Gasteiger partial charge in [-0.2, -0.15) is 0 Å². The van der Waals surface area contributed by atoms with Gasteiger partial charge in [0.1, 0.15) is 6.04 Å². The Hall–Kier alpha value is -3.77. The van der Waals surface area contributed by atoms with Crippen molar-refractivity contribution in [2.75, 3.05) is 0 Å². The second-order valence-electron chi connectivity index (χ2n) is 8.63. The van der Waals surface area contributed by atoms with Gasteiger partial charge in [-0.05, 0) is 42.7 Å². The first-order valence-corrected chi connectivity index (χ1v) is 11.4. The number of hydrogen-bond donors (Lipinski definition) is 1. The largest absolute Gasteiger partial charge is 0.374 e. The number of rotatable bonds is 9. The summed E-state index contributed by atoms with van der Waals surface area (Å²) in [7, 11) is 0. The van der Waals surface area contributed by atoms with Crippen molar-refractivity contribution in [1.82, 2.24) is 10.2 Å². The molecule has 1 N–H and O–H groups in total. The van der Waals surface area contributed by atoms with Gasteiger partial charge in [-0.15, -0.1) is 0 Å². The molecule has 3 aromatic rings. The van der Waals surface area contributed by atoms with Gasteiger partial charge in [0.15, 0.2) is 0 Å². The fraction of sp³-hybridized carbons (Fsp3) is 0.250. The van der Waals surface area contributed by atoms with Crippen molar-refractivity contribution < 1.29 is 19.1 Å². The standard InChI is InChI=1S/C28H28N2O4/c1-19(2)34-18-22-14-12-21(13-15-22)17-29-26(31)25(16-20-8-4-3-5-9-20)30-27(32)23-10-6-7-11-24(23)28(30)33/h3-15,19,25H,16-18H2,1-2H3,(H,29,31). The van der Waals surface area contributed by atoms with E-state index in [1.54, 1.807) is 24.3 Å². The molecule has 0 radical (unpaired) electrons. The lowest BCUT2D eigenvalue weighted by Gasteiger charge is -2.25. The average Bonchev–Trinajstić information content (AvgIpc) is 3.11. The smallest absolute Gasteiger partial charge is 0.262 e. The molecule has 0 aromatic heterocycles. The highest BCUT2D eigenvalue weighted by molar-refractivity contribution is 6.22. The van der Waals surface area contributed by atoms with Crippen LogP contribution in [0, 0.1) is 0 Å². The van der Waals surface area contributed by atoms with Crippen LogP contribution in [0.1, 0.15) is 51.3 Å². The summed E-state index contributed by atoms with van der Waals surface area (Å²) in [5.74, 6) is -1.25. The Morgan fingerprint density at radius 3 is 1.94 bits per heavy atom. The van der Waals surface area contributed by atoms with E-state index in [1.165, 1.54) is 0 Å². The molecule has 3 amide bonds. The fourth-order valence-electron chi connectivity index (χ4n) is 3.95. The van der Waals surface area contributed by atoms with Crippen LogP contribution < -0.4 is 5.32 Å². The highest BCUT2D eigenvalue weighted by Gasteiger charge is 2.42. The summed E-state index contributed by atoms with van der Waals surface area (Å²) in [5, 5.41) is 2.92. The molecule has 0 spiro atoms. The van der Waals surface area contributed by atoms with Gasteiger partial charge in [0, 0.05) is 13.0 Å². The number of ether oxygens (including phenoxy) is 1. The molecule has 6 nitrogen and oxygen atoms in total. The third-order valence-electron chi connectivity index (χ3n) is 5.78. The molecule has 0 fully saturated rings. The van der Waals surface area contributed by atoms with Crippen LogP contribution in [0.4, 0.5) is 0 Å². The summed E-state index contributed by atoms with van der Waals surface area (Å²) in [6, 6.07) is 22.9. The van der Waals surface area contributed by atoms with Gasteiger partial charge in [-0.3, -0.25) is 19.3 Å². The molecule has 3 aromatic carbocycles. The average molecular weight is 457 g/mol. The zero-order valence-corrected chi connectivity index (χ0v) is 19.4. The van der Waals surface area contributed by atoms with Crippen LogP contribution >= 0.6 is 0 Å². The van der Waals surface area contributed by atoms with Crippen molar-refractivity contribution in [3.05, 3.63) is 107 Å². The Bertz CT molecular complexity index is 1140. The van der Waals surface area contributed by atoms with Crippen LogP contribution in [0.25, 0.3) is 0 Å². The van der Waals surface area contributed by atoms with E-state index in [0.29, 0.717) is 24.3 Å². The Labute approximate surface area is 199 Å². The van der Waals surface area contributed by atoms with Crippen molar-refractivity contribution in [2.24, 2.45) is 0 Å². The molecule has 0 aliphatic carbocycles. The van der Waals surface area contributed by atoms with E-state index in [1.807, 2.05) is 68.4 Å². The first-order chi connectivity index (χ1) is 16.4. The molecular weight excluding hydrogens is 428 g/mol.